The van der Waals surface area contributed by atoms with Crippen molar-refractivity contribution in [3.8, 4) is 33.6 Å². The molecule has 1 aromatic heterocycles. The second kappa shape index (κ2) is 11.6. The van der Waals surface area contributed by atoms with Crippen molar-refractivity contribution in [1.82, 2.24) is 14.8 Å². The largest absolute Gasteiger partial charge is 0.248 e. The van der Waals surface area contributed by atoms with E-state index in [-0.39, 0.29) is 0 Å². The molecule has 0 aliphatic rings. The molecule has 0 amide bonds. The lowest BCUT2D eigenvalue weighted by molar-refractivity contribution is 0.755. The average Bonchev–Trinajstić information content (AvgIpc) is 3.42. The number of nitrogens with zero attached hydrogens (tertiary/aromatic N) is 3. The van der Waals surface area contributed by atoms with Gasteiger partial charge >= 0.3 is 0 Å². The summed E-state index contributed by atoms with van der Waals surface area (Å²) in [7, 11) is 1.94. The first-order chi connectivity index (χ1) is 20.0. The number of halogens is 1. The van der Waals surface area contributed by atoms with Gasteiger partial charge in [-0.15, -0.1) is 0 Å². The fourth-order valence-electron chi connectivity index (χ4n) is 4.93. The highest BCUT2D eigenvalue weighted by atomic mass is 35.5. The Morgan fingerprint density at radius 1 is 0.634 bits per heavy atom. The van der Waals surface area contributed by atoms with Crippen LogP contribution in [0, 0.1) is 0 Å². The van der Waals surface area contributed by atoms with Crippen molar-refractivity contribution in [2.75, 3.05) is 0 Å². The maximum absolute atomic E-state index is 6.25. The summed E-state index contributed by atoms with van der Waals surface area (Å²) in [6.45, 7) is 4.35. The first kappa shape index (κ1) is 26.2. The van der Waals surface area contributed by atoms with Crippen LogP contribution in [0.3, 0.4) is 0 Å². The fraction of sp³-hybridized carbons (Fsp3) is 0.0270. The van der Waals surface area contributed by atoms with Gasteiger partial charge in [0.15, 0.2) is 11.6 Å². The lowest BCUT2D eigenvalue weighted by atomic mass is 9.98. The Labute approximate surface area is 245 Å². The third-order valence-electron chi connectivity index (χ3n) is 7.03. The molecule has 0 aliphatic carbocycles. The van der Waals surface area contributed by atoms with Crippen molar-refractivity contribution in [1.29, 1.82) is 0 Å². The van der Waals surface area contributed by atoms with Gasteiger partial charge in [-0.2, -0.15) is 5.10 Å². The summed E-state index contributed by atoms with van der Waals surface area (Å²) in [5.41, 5.74) is 9.36. The van der Waals surface area contributed by atoms with Gasteiger partial charge in [0.25, 0.3) is 0 Å². The summed E-state index contributed by atoms with van der Waals surface area (Å²) < 4.78 is 1.85. The third-order valence-corrected chi connectivity index (χ3v) is 7.26. The molecular weight excluding hydrogens is 522 g/mol. The van der Waals surface area contributed by atoms with Gasteiger partial charge in [0.05, 0.1) is 0 Å². The number of hydrogen-bond acceptors (Lipinski definition) is 2. The van der Waals surface area contributed by atoms with E-state index < -0.39 is 0 Å². The summed E-state index contributed by atoms with van der Waals surface area (Å²) in [6, 6.07) is 45.2. The van der Waals surface area contributed by atoms with Gasteiger partial charge in [-0.05, 0) is 69.3 Å². The lowest BCUT2D eigenvalue weighted by Gasteiger charge is -2.09. The molecule has 6 rings (SSSR count). The predicted octanol–water partition coefficient (Wildman–Crippen LogP) is 9.61. The van der Waals surface area contributed by atoms with Crippen LogP contribution < -0.4 is 0 Å². The monoisotopic (exact) mass is 549 g/mol. The van der Waals surface area contributed by atoms with Crippen molar-refractivity contribution in [2.24, 2.45) is 7.05 Å². The number of allylic oxidation sites excluding steroid dienone is 2. The van der Waals surface area contributed by atoms with Crippen LogP contribution in [0.1, 0.15) is 17.0 Å². The third kappa shape index (κ3) is 5.81. The molecule has 0 aliphatic heterocycles. The quantitative estimate of drug-likeness (QED) is 0.186. The number of hydrogen-bond donors (Lipinski definition) is 0. The molecule has 3 nitrogen and oxygen atoms in total. The fourth-order valence-corrected chi connectivity index (χ4v) is 5.12. The van der Waals surface area contributed by atoms with Crippen LogP contribution in [-0.2, 0) is 7.05 Å². The first-order valence-electron chi connectivity index (χ1n) is 13.4. The maximum atomic E-state index is 6.25. The Morgan fingerprint density at radius 3 is 1.76 bits per heavy atom. The molecule has 1 heterocycles. The minimum absolute atomic E-state index is 0.669. The topological polar surface area (TPSA) is 30.7 Å². The van der Waals surface area contributed by atoms with Gasteiger partial charge in [0, 0.05) is 23.2 Å². The van der Waals surface area contributed by atoms with Crippen molar-refractivity contribution < 1.29 is 0 Å². The molecule has 0 N–H and O–H groups in total. The average molecular weight is 550 g/mol. The van der Waals surface area contributed by atoms with Crippen molar-refractivity contribution in [2.45, 2.75) is 0 Å². The molecule has 0 bridgehead atoms. The van der Waals surface area contributed by atoms with Crippen molar-refractivity contribution in [3.63, 3.8) is 0 Å². The molecule has 0 unspecified atom stereocenters. The minimum atomic E-state index is 0.669. The van der Waals surface area contributed by atoms with Gasteiger partial charge in [0.1, 0.15) is 0 Å². The Bertz CT molecular complexity index is 1870. The molecular formula is C37H28ClN3. The highest BCUT2D eigenvalue weighted by molar-refractivity contribution is 6.30. The molecule has 4 heteroatoms. The summed E-state index contributed by atoms with van der Waals surface area (Å²) in [6.07, 6.45) is 2.09. The van der Waals surface area contributed by atoms with E-state index in [0.29, 0.717) is 5.82 Å². The van der Waals surface area contributed by atoms with E-state index in [4.69, 9.17) is 21.7 Å². The second-order valence-corrected chi connectivity index (χ2v) is 10.3. The van der Waals surface area contributed by atoms with E-state index in [0.717, 1.165) is 60.9 Å². The number of aromatic nitrogens is 3. The molecule has 0 radical (unpaired) electrons. The smallest absolute Gasteiger partial charge is 0.181 e. The Hall–Kier alpha value is -4.99. The molecule has 6 aromatic rings. The first-order valence-corrected chi connectivity index (χ1v) is 13.8. The van der Waals surface area contributed by atoms with E-state index in [1.165, 1.54) is 0 Å². The normalized spacial score (nSPS) is 11.4. The molecule has 5 aromatic carbocycles. The molecule has 0 saturated heterocycles. The highest BCUT2D eigenvalue weighted by Gasteiger charge is 2.16. The standard InChI is InChI=1S/C37H28ClN3/c1-26(27-12-5-3-6-13-27)22-35(28-14-7-4-8-15-28)37-39-36(40-41(37)2)33-20-10-18-31(24-33)29-16-9-17-30(23-29)32-19-11-21-34(38)25-32/h3-25H,1H2,2H3/b35-22-. The van der Waals surface area contributed by atoms with Crippen LogP contribution in [0.25, 0.3) is 44.8 Å². The lowest BCUT2D eigenvalue weighted by Crippen LogP contribution is -2.00. The van der Waals surface area contributed by atoms with Crippen LogP contribution in [0.5, 0.6) is 0 Å². The minimum Gasteiger partial charge on any atom is -0.248 e. The van der Waals surface area contributed by atoms with Crippen molar-refractivity contribution in [3.05, 3.63) is 168 Å². The van der Waals surface area contributed by atoms with E-state index >= 15 is 0 Å². The zero-order chi connectivity index (χ0) is 28.2. The van der Waals surface area contributed by atoms with E-state index in [9.17, 15) is 0 Å². The second-order valence-electron chi connectivity index (χ2n) is 9.87. The van der Waals surface area contributed by atoms with Crippen LogP contribution in [-0.4, -0.2) is 14.8 Å². The van der Waals surface area contributed by atoms with Crippen LogP contribution in [0.2, 0.25) is 5.02 Å². The van der Waals surface area contributed by atoms with Gasteiger partial charge < -0.3 is 0 Å². The zero-order valence-corrected chi connectivity index (χ0v) is 23.5. The van der Waals surface area contributed by atoms with Crippen LogP contribution in [0.4, 0.5) is 0 Å². The molecule has 0 saturated carbocycles. The maximum Gasteiger partial charge on any atom is 0.181 e. The molecule has 0 fully saturated rings. The van der Waals surface area contributed by atoms with Crippen LogP contribution >= 0.6 is 11.6 Å². The van der Waals surface area contributed by atoms with Crippen molar-refractivity contribution >= 4 is 22.7 Å². The van der Waals surface area contributed by atoms with Gasteiger partial charge in [-0.3, -0.25) is 0 Å². The summed E-state index contributed by atoms with van der Waals surface area (Å²) in [4.78, 5) is 5.04. The molecule has 0 atom stereocenters. The SMILES string of the molecule is C=C(/C=C(/c1ccccc1)c1nc(-c2cccc(-c3cccc(-c4cccc(Cl)c4)c3)c2)nn1C)c1ccccc1. The summed E-state index contributed by atoms with van der Waals surface area (Å²) in [5, 5.41) is 5.56. The van der Waals surface area contributed by atoms with E-state index in [1.807, 2.05) is 66.3 Å². The number of aryl methyl sites for hydroxylation is 1. The van der Waals surface area contributed by atoms with Crippen LogP contribution in [0.15, 0.2) is 146 Å². The summed E-state index contributed by atoms with van der Waals surface area (Å²) >= 11 is 6.25. The number of benzene rings is 5. The van der Waals surface area contributed by atoms with E-state index in [2.05, 4.69) is 91.5 Å². The summed E-state index contributed by atoms with van der Waals surface area (Å²) in [5.74, 6) is 1.44. The molecule has 0 spiro atoms. The van der Waals surface area contributed by atoms with E-state index in [1.54, 1.807) is 0 Å². The molecule has 198 valence electrons. The highest BCUT2D eigenvalue weighted by Crippen LogP contribution is 2.31. The molecule has 41 heavy (non-hydrogen) atoms. The zero-order valence-electron chi connectivity index (χ0n) is 22.7. The predicted molar refractivity (Wildman–Crippen MR) is 171 cm³/mol. The van der Waals surface area contributed by atoms with Gasteiger partial charge in [-0.1, -0.05) is 127 Å². The van der Waals surface area contributed by atoms with Gasteiger partial charge in [0.2, 0.25) is 0 Å². The number of rotatable bonds is 7. The Morgan fingerprint density at radius 2 is 1.15 bits per heavy atom. The van der Waals surface area contributed by atoms with Gasteiger partial charge in [-0.25, -0.2) is 9.67 Å². The Kier molecular flexibility index (Phi) is 7.44. The Balaban J connectivity index is 1.38.